The largest absolute Gasteiger partial charge is 0.497 e. The van der Waals surface area contributed by atoms with Crippen LogP contribution in [0.5, 0.6) is 5.75 Å². The Hall–Kier alpha value is -3.39. The zero-order valence-corrected chi connectivity index (χ0v) is 25.3. The third-order valence-corrected chi connectivity index (χ3v) is 9.33. The molecule has 13 nitrogen and oxygen atoms in total. The fourth-order valence-corrected chi connectivity index (χ4v) is 6.99. The Morgan fingerprint density at radius 1 is 1.16 bits per heavy atom. The van der Waals surface area contributed by atoms with Gasteiger partial charge in [0, 0.05) is 24.4 Å². The van der Waals surface area contributed by atoms with Crippen LogP contribution in [-0.2, 0) is 30.7 Å². The number of ether oxygens (including phenoxy) is 4. The number of amides is 1. The zero-order chi connectivity index (χ0) is 31.0. The molecule has 2 heterocycles. The van der Waals surface area contributed by atoms with E-state index >= 15 is 0 Å². The van der Waals surface area contributed by atoms with Crippen LogP contribution in [-0.4, -0.2) is 87.9 Å². The van der Waals surface area contributed by atoms with Gasteiger partial charge >= 0.3 is 6.09 Å². The highest BCUT2D eigenvalue weighted by molar-refractivity contribution is 7.89. The van der Waals surface area contributed by atoms with E-state index in [0.717, 1.165) is 5.56 Å². The van der Waals surface area contributed by atoms with Crippen LogP contribution in [0.2, 0.25) is 0 Å². The number of azide groups is 1. The van der Waals surface area contributed by atoms with Crippen LogP contribution in [0.4, 0.5) is 4.79 Å². The quantitative estimate of drug-likeness (QED) is 0.195. The van der Waals surface area contributed by atoms with Crippen LogP contribution in [0.3, 0.4) is 0 Å². The second kappa shape index (κ2) is 14.9. The van der Waals surface area contributed by atoms with Crippen molar-refractivity contribution in [1.29, 1.82) is 0 Å². The summed E-state index contributed by atoms with van der Waals surface area (Å²) in [5.41, 5.74) is 9.78. The maximum Gasteiger partial charge on any atom is 0.407 e. The number of aliphatic hydroxyl groups is 1. The van der Waals surface area contributed by atoms with E-state index in [-0.39, 0.29) is 36.9 Å². The summed E-state index contributed by atoms with van der Waals surface area (Å²) in [5.74, 6) is 0.0136. The van der Waals surface area contributed by atoms with E-state index in [1.165, 1.54) is 23.5 Å². The molecule has 2 aliphatic heterocycles. The average molecular weight is 618 g/mol. The molecule has 0 radical (unpaired) electrons. The Kier molecular flexibility index (Phi) is 11.2. The van der Waals surface area contributed by atoms with Gasteiger partial charge < -0.3 is 29.4 Å². The molecule has 2 aromatic rings. The van der Waals surface area contributed by atoms with Crippen molar-refractivity contribution in [2.75, 3.05) is 33.4 Å². The Morgan fingerprint density at radius 2 is 1.88 bits per heavy atom. The number of rotatable bonds is 13. The minimum Gasteiger partial charge on any atom is -0.497 e. The van der Waals surface area contributed by atoms with Crippen molar-refractivity contribution in [2.24, 2.45) is 17.0 Å². The number of fused-ring (bicyclic) bond motifs is 1. The average Bonchev–Trinajstić information content (AvgIpc) is 3.40. The molecule has 14 heteroatoms. The molecule has 2 saturated heterocycles. The standard InChI is InChI=1S/C29H39N5O8S/c1-19(2)16-34(43(37,38)22-11-9-21(39-3)10-12-22)17-25(35)23(15-20-7-5-4-6-8-20)31-29(36)42-26-13-14-40-28-27(26)24(18-41-28)32-33-30/h4-12,19,23-28,35H,13-18H2,1-3H3,(H,31,36)/t23-,24?,25+,26-,27-,28-/m0/s1. The molecule has 4 rings (SSSR count). The highest BCUT2D eigenvalue weighted by Gasteiger charge is 2.47. The molecular weight excluding hydrogens is 578 g/mol. The normalized spacial score (nSPS) is 23.2. The summed E-state index contributed by atoms with van der Waals surface area (Å²) in [7, 11) is -2.49. The SMILES string of the molecule is COc1ccc(S(=O)(=O)N(CC(C)C)C[C@@H](O)[C@H](Cc2ccccc2)NC(=O)O[C@H]2CCO[C@H]3OCC(N=[N+]=[N-])[C@H]32)cc1. The zero-order valence-electron chi connectivity index (χ0n) is 24.5. The first-order valence-electron chi connectivity index (χ1n) is 14.2. The van der Waals surface area contributed by atoms with Crippen molar-refractivity contribution in [3.63, 3.8) is 0 Å². The summed E-state index contributed by atoms with van der Waals surface area (Å²) < 4.78 is 50.7. The van der Waals surface area contributed by atoms with Crippen LogP contribution >= 0.6 is 0 Å². The first-order valence-corrected chi connectivity index (χ1v) is 15.7. The van der Waals surface area contributed by atoms with Gasteiger partial charge in [-0.1, -0.05) is 49.3 Å². The van der Waals surface area contributed by atoms with Crippen molar-refractivity contribution >= 4 is 16.1 Å². The van der Waals surface area contributed by atoms with Gasteiger partial charge in [0.15, 0.2) is 6.29 Å². The molecule has 2 N–H and O–H groups in total. The predicted octanol–water partition coefficient (Wildman–Crippen LogP) is 3.48. The van der Waals surface area contributed by atoms with E-state index in [1.807, 2.05) is 44.2 Å². The molecule has 0 saturated carbocycles. The summed E-state index contributed by atoms with van der Waals surface area (Å²) in [5, 5.41) is 18.0. The summed E-state index contributed by atoms with van der Waals surface area (Å²) >= 11 is 0. The Labute approximate surface area is 251 Å². The number of hydrogen-bond acceptors (Lipinski definition) is 9. The number of carbonyl (C=O) groups excluding carboxylic acids is 1. The molecule has 2 fully saturated rings. The molecule has 2 aliphatic rings. The topological polar surface area (TPSA) is 172 Å². The molecule has 43 heavy (non-hydrogen) atoms. The molecule has 1 amide bonds. The highest BCUT2D eigenvalue weighted by Crippen LogP contribution is 2.35. The minimum atomic E-state index is -3.99. The number of carbonyl (C=O) groups is 1. The Bertz CT molecular complexity index is 1350. The van der Waals surface area contributed by atoms with Crippen LogP contribution < -0.4 is 10.1 Å². The van der Waals surface area contributed by atoms with Gasteiger partial charge in [-0.25, -0.2) is 13.2 Å². The molecule has 2 aromatic carbocycles. The molecule has 0 bridgehead atoms. The number of aliphatic hydroxyl groups excluding tert-OH is 1. The van der Waals surface area contributed by atoms with E-state index in [0.29, 0.717) is 18.8 Å². The number of nitrogens with one attached hydrogen (secondary N) is 1. The Balaban J connectivity index is 1.53. The van der Waals surface area contributed by atoms with Gasteiger partial charge in [0.05, 0.1) is 49.3 Å². The first kappa shape index (κ1) is 32.5. The number of hydrogen-bond donors (Lipinski definition) is 2. The van der Waals surface area contributed by atoms with Crippen LogP contribution in [0, 0.1) is 11.8 Å². The lowest BCUT2D eigenvalue weighted by Gasteiger charge is -2.34. The van der Waals surface area contributed by atoms with E-state index < -0.39 is 52.6 Å². The van der Waals surface area contributed by atoms with E-state index in [2.05, 4.69) is 15.3 Å². The number of alkyl carbamates (subject to hydrolysis) is 1. The predicted molar refractivity (Wildman–Crippen MR) is 157 cm³/mol. The third-order valence-electron chi connectivity index (χ3n) is 7.48. The maximum absolute atomic E-state index is 13.7. The number of sulfonamides is 1. The third kappa shape index (κ3) is 8.37. The van der Waals surface area contributed by atoms with Crippen LogP contribution in [0.15, 0.2) is 64.6 Å². The molecule has 0 aliphatic carbocycles. The molecule has 0 spiro atoms. The van der Waals surface area contributed by atoms with Crippen LogP contribution in [0.1, 0.15) is 25.8 Å². The van der Waals surface area contributed by atoms with Crippen molar-refractivity contribution < 1.29 is 37.3 Å². The van der Waals surface area contributed by atoms with Crippen LogP contribution in [0.25, 0.3) is 10.4 Å². The van der Waals surface area contributed by atoms with Gasteiger partial charge in [0.2, 0.25) is 10.0 Å². The van der Waals surface area contributed by atoms with Crippen molar-refractivity contribution in [2.45, 2.75) is 62.2 Å². The number of nitrogens with zero attached hydrogens (tertiary/aromatic N) is 4. The summed E-state index contributed by atoms with van der Waals surface area (Å²) in [4.78, 5) is 16.2. The van der Waals surface area contributed by atoms with Crippen molar-refractivity contribution in [3.05, 3.63) is 70.6 Å². The maximum atomic E-state index is 13.7. The van der Waals surface area contributed by atoms with Gasteiger partial charge in [0.1, 0.15) is 11.9 Å². The van der Waals surface area contributed by atoms with Gasteiger partial charge in [-0.15, -0.1) is 0 Å². The van der Waals surface area contributed by atoms with Gasteiger partial charge in [-0.3, -0.25) is 0 Å². The lowest BCUT2D eigenvalue weighted by molar-refractivity contribution is -0.180. The monoisotopic (exact) mass is 617 g/mol. The lowest BCUT2D eigenvalue weighted by Crippen LogP contribution is -2.52. The molecule has 234 valence electrons. The van der Waals surface area contributed by atoms with Crippen molar-refractivity contribution in [3.8, 4) is 5.75 Å². The van der Waals surface area contributed by atoms with Gasteiger partial charge in [0.25, 0.3) is 0 Å². The summed E-state index contributed by atoms with van der Waals surface area (Å²) in [6, 6.07) is 13.9. The molecule has 0 aromatic heterocycles. The smallest absolute Gasteiger partial charge is 0.407 e. The van der Waals surface area contributed by atoms with Gasteiger partial charge in [-0.05, 0) is 47.7 Å². The van der Waals surface area contributed by atoms with Crippen molar-refractivity contribution in [1.82, 2.24) is 9.62 Å². The number of methoxy groups -OCH3 is 1. The lowest BCUT2D eigenvalue weighted by atomic mass is 9.92. The fraction of sp³-hybridized carbons (Fsp3) is 0.552. The number of benzene rings is 2. The molecule has 1 unspecified atom stereocenters. The fourth-order valence-electron chi connectivity index (χ4n) is 5.37. The molecule has 6 atom stereocenters. The molecular formula is C29H39N5O8S. The van der Waals surface area contributed by atoms with Gasteiger partial charge in [-0.2, -0.15) is 4.31 Å². The van der Waals surface area contributed by atoms with E-state index in [1.54, 1.807) is 12.1 Å². The van der Waals surface area contributed by atoms with E-state index in [4.69, 9.17) is 24.5 Å². The van der Waals surface area contributed by atoms with E-state index in [9.17, 15) is 18.3 Å². The highest BCUT2D eigenvalue weighted by atomic mass is 32.2. The first-order chi connectivity index (χ1) is 20.6. The second-order valence-corrected chi connectivity index (χ2v) is 13.0. The Morgan fingerprint density at radius 3 is 2.53 bits per heavy atom. The minimum absolute atomic E-state index is 0.0372. The second-order valence-electron chi connectivity index (χ2n) is 11.1. The summed E-state index contributed by atoms with van der Waals surface area (Å²) in [6.07, 6.45) is -2.76. The summed E-state index contributed by atoms with van der Waals surface area (Å²) in [6.45, 7) is 4.12.